The van der Waals surface area contributed by atoms with Crippen molar-refractivity contribution in [3.05, 3.63) is 214 Å². The number of ether oxygens (including phenoxy) is 5. The van der Waals surface area contributed by atoms with Gasteiger partial charge in [0.2, 0.25) is 21.8 Å². The number of hydrogen-bond donors (Lipinski definition) is 12. The van der Waals surface area contributed by atoms with Gasteiger partial charge in [-0.3, -0.25) is 14.4 Å². The van der Waals surface area contributed by atoms with Gasteiger partial charge in [0, 0.05) is 36.9 Å². The van der Waals surface area contributed by atoms with Crippen LogP contribution in [0.1, 0.15) is 88.6 Å². The average Bonchev–Trinajstić information content (AvgIpc) is 0.825. The molecule has 0 bridgehead atoms. The molecule has 0 aliphatic rings. The van der Waals surface area contributed by atoms with E-state index in [1.165, 1.54) is 48.5 Å². The number of nitrogens with two attached hydrogens (primary N) is 3. The molecular formula is C77H94Cl3N11O19S2. The Bertz CT molecular complexity index is 4410. The highest BCUT2D eigenvalue weighted by atomic mass is 35.7. The number of carbonyl (C=O) groups excluding carboxylic acids is 6. The first-order chi connectivity index (χ1) is 53.1. The second-order valence-corrected chi connectivity index (χ2v) is 30.5. The highest BCUT2D eigenvalue weighted by Gasteiger charge is 2.27. The van der Waals surface area contributed by atoms with Crippen LogP contribution in [-0.4, -0.2) is 144 Å². The smallest absolute Gasteiger partial charge is 0.408 e. The van der Waals surface area contributed by atoms with Crippen molar-refractivity contribution in [3.63, 3.8) is 0 Å². The first kappa shape index (κ1) is 95.7. The van der Waals surface area contributed by atoms with Crippen LogP contribution in [-0.2, 0) is 72.3 Å². The molecule has 30 nitrogen and oxygen atoms in total. The van der Waals surface area contributed by atoms with Crippen molar-refractivity contribution < 1.29 is 89.4 Å². The van der Waals surface area contributed by atoms with Gasteiger partial charge in [-0.05, 0) is 127 Å². The molecule has 7 aromatic carbocycles. The number of rotatable bonds is 34. The third-order valence-corrected chi connectivity index (χ3v) is 18.1. The molecule has 0 radical (unpaired) electrons. The van der Waals surface area contributed by atoms with Crippen LogP contribution in [0.2, 0.25) is 10.0 Å². The molecular weight excluding hydrogens is 1550 g/mol. The number of halogens is 3. The van der Waals surface area contributed by atoms with Crippen molar-refractivity contribution in [2.45, 2.75) is 121 Å². The summed E-state index contributed by atoms with van der Waals surface area (Å²) in [5, 5.41) is 58.1. The Balaban J connectivity index is 0.000000400. The van der Waals surface area contributed by atoms with E-state index in [1.54, 1.807) is 48.5 Å². The van der Waals surface area contributed by atoms with E-state index in [0.717, 1.165) is 16.7 Å². The second-order valence-electron chi connectivity index (χ2n) is 25.4. The Morgan fingerprint density at radius 3 is 1.14 bits per heavy atom. The van der Waals surface area contributed by atoms with Crippen molar-refractivity contribution >= 4 is 94.8 Å². The predicted molar refractivity (Wildman–Crippen MR) is 420 cm³/mol. The number of aliphatic carboxylic acids is 1. The van der Waals surface area contributed by atoms with Crippen molar-refractivity contribution in [2.24, 2.45) is 35.0 Å². The maximum atomic E-state index is 12.7. The van der Waals surface area contributed by atoms with Gasteiger partial charge in [-0.1, -0.05) is 168 Å². The number of aliphatic hydroxyl groups excluding tert-OH is 2. The molecule has 112 heavy (non-hydrogen) atoms. The van der Waals surface area contributed by atoms with Gasteiger partial charge in [0.15, 0.2) is 5.78 Å². The minimum atomic E-state index is -4.07. The van der Waals surface area contributed by atoms with E-state index in [-0.39, 0.29) is 112 Å². The number of amides is 5. The number of carboxylic acid groups (broad SMARTS) is 1. The molecule has 35 heteroatoms. The monoisotopic (exact) mass is 1650 g/mol. The number of nitrogens with zero attached hydrogens (tertiary/aromatic N) is 2. The highest BCUT2D eigenvalue weighted by Crippen LogP contribution is 2.32. The Labute approximate surface area is 666 Å². The van der Waals surface area contributed by atoms with Gasteiger partial charge < -0.3 is 82.8 Å². The molecule has 0 aliphatic carbocycles. The fourth-order valence-electron chi connectivity index (χ4n) is 8.98. The van der Waals surface area contributed by atoms with E-state index in [9.17, 15) is 60.8 Å². The number of sulfonamides is 1. The number of carbonyl (C=O) groups is 7. The summed E-state index contributed by atoms with van der Waals surface area (Å²) in [5.74, 6) is -1.05. The number of nitriles is 2. The van der Waals surface area contributed by atoms with E-state index >= 15 is 0 Å². The lowest BCUT2D eigenvalue weighted by Gasteiger charge is -2.20. The van der Waals surface area contributed by atoms with Crippen LogP contribution < -0.4 is 58.0 Å². The molecule has 0 aromatic heterocycles. The van der Waals surface area contributed by atoms with Crippen LogP contribution >= 0.6 is 33.9 Å². The van der Waals surface area contributed by atoms with E-state index in [4.69, 9.17) is 90.2 Å². The van der Waals surface area contributed by atoms with Crippen molar-refractivity contribution in [3.8, 4) is 35.1 Å². The molecule has 0 heterocycles. The minimum Gasteiger partial charge on any atom is -0.480 e. The SMILES string of the molecule is CC(C)C[C@H](NC(=O)OCc1ccccc1)C(=O)NCC(=O)CNS(=O)(=O)c1ccc(Oc2cccc(Cl)c2C#N)cc1.CC(C)C[C@H](NC(=O)OCc1ccccc1)C(=O)NCC(O)CN.CC(C)C[C@H](NC(=O)OCc1ccccc1)C(=O)O.N#Cc1c(Cl)cccc1Oc1ccc(S(=O)(=O)Cl)cc1.NCC(O)CN. The molecule has 0 saturated carbocycles. The van der Waals surface area contributed by atoms with Gasteiger partial charge in [-0.2, -0.15) is 10.5 Å². The predicted octanol–water partition coefficient (Wildman–Crippen LogP) is 9.68. The number of hydrogen-bond acceptors (Lipinski definition) is 23. The van der Waals surface area contributed by atoms with E-state index in [1.807, 2.05) is 133 Å². The summed E-state index contributed by atoms with van der Waals surface area (Å²) in [5.41, 5.74) is 18.1. The number of benzene rings is 7. The topological polar surface area (TPSA) is 492 Å². The van der Waals surface area contributed by atoms with Crippen molar-refractivity contribution in [2.75, 3.05) is 39.3 Å². The zero-order valence-corrected chi connectivity index (χ0v) is 66.2. The Kier molecular flexibility index (Phi) is 43.7. The Morgan fingerprint density at radius 1 is 0.464 bits per heavy atom. The molecule has 1 unspecified atom stereocenters. The summed E-state index contributed by atoms with van der Waals surface area (Å²) in [4.78, 5) is 83.8. The summed E-state index contributed by atoms with van der Waals surface area (Å²) < 4.78 is 76.3. The largest absolute Gasteiger partial charge is 0.480 e. The first-order valence-electron chi connectivity index (χ1n) is 34.7. The molecule has 604 valence electrons. The van der Waals surface area contributed by atoms with Crippen molar-refractivity contribution in [1.29, 1.82) is 10.5 Å². The summed E-state index contributed by atoms with van der Waals surface area (Å²) in [7, 11) is -2.62. The second kappa shape index (κ2) is 51.2. The van der Waals surface area contributed by atoms with Crippen LogP contribution in [0.15, 0.2) is 186 Å². The van der Waals surface area contributed by atoms with E-state index < -0.39 is 98.4 Å². The zero-order chi connectivity index (χ0) is 83.3. The summed E-state index contributed by atoms with van der Waals surface area (Å²) in [6.45, 7) is 11.3. The molecule has 0 fully saturated rings. The van der Waals surface area contributed by atoms with Gasteiger partial charge in [-0.15, -0.1) is 0 Å². The van der Waals surface area contributed by atoms with Crippen LogP contribution in [0.25, 0.3) is 0 Å². The summed E-state index contributed by atoms with van der Waals surface area (Å²) in [6.07, 6.45) is -2.33. The van der Waals surface area contributed by atoms with Gasteiger partial charge in [-0.25, -0.2) is 40.7 Å². The molecule has 7 aromatic rings. The maximum absolute atomic E-state index is 12.7. The molecule has 15 N–H and O–H groups in total. The minimum absolute atomic E-state index is 0.0289. The lowest BCUT2D eigenvalue weighted by Crippen LogP contribution is -2.49. The summed E-state index contributed by atoms with van der Waals surface area (Å²) in [6, 6.07) is 49.2. The molecule has 4 atom stereocenters. The number of carboxylic acids is 1. The first-order valence-corrected chi connectivity index (χ1v) is 39.2. The summed E-state index contributed by atoms with van der Waals surface area (Å²) >= 11 is 11.9. The quantitative estimate of drug-likeness (QED) is 0.0132. The van der Waals surface area contributed by atoms with Gasteiger partial charge in [0.1, 0.15) is 84.2 Å². The standard InChI is InChI=1S/C30H31ClN4O7S.C17H27N3O4.C14H19NO4.C13H7Cl2NO3S.C3H10N2O/c1-20(2)15-27(35-30(38)41-19-21-7-4-3-5-8-21)29(37)33-17-22(36)18-34-43(39,40)24-13-11-23(12-14-24)42-28-10-6-9-26(31)25(28)16-32;1-12(2)8-15(16(22)19-10-14(21)9-18)20-17(23)24-11-13-6-4-3-5-7-13;1-10(2)8-12(13(16)17)15-14(18)19-9-11-6-4-3-5-7-11;14-12-2-1-3-13(11(12)8-16)19-9-4-6-10(7-5-9)20(15,17)18;4-1-3(6)2-5/h3-14,20,27,34H,15,17-19H2,1-2H3,(H,33,37)(H,35,38);3-7,12,14-15,21H,8-11,18H2,1-2H3,(H,19,22)(H,20,23);3-7,10,12H,8-9H2,1-2H3,(H,15,18)(H,16,17);1-7H;3,6H,1-2,4-5H2/t27-;14?,15-;12-;;/m000../s1. The van der Waals surface area contributed by atoms with Crippen LogP contribution in [0, 0.1) is 40.4 Å². The number of nitrogens with one attached hydrogen (secondary N) is 6. The van der Waals surface area contributed by atoms with Gasteiger partial charge in [0.05, 0.1) is 45.1 Å². The Hall–Kier alpha value is -10.5. The lowest BCUT2D eigenvalue weighted by molar-refractivity contribution is -0.139. The zero-order valence-electron chi connectivity index (χ0n) is 62.3. The van der Waals surface area contributed by atoms with Crippen molar-refractivity contribution in [1.82, 2.24) is 31.3 Å². The third-order valence-electron chi connectivity index (χ3n) is 14.7. The van der Waals surface area contributed by atoms with Gasteiger partial charge >= 0.3 is 24.2 Å². The fraction of sp³-hybridized carbons (Fsp3) is 0.338. The van der Waals surface area contributed by atoms with E-state index in [0.29, 0.717) is 30.8 Å². The van der Waals surface area contributed by atoms with Crippen LogP contribution in [0.4, 0.5) is 14.4 Å². The Morgan fingerprint density at radius 2 is 0.812 bits per heavy atom. The number of aliphatic hydroxyl groups is 2. The molecule has 0 aliphatic heterocycles. The van der Waals surface area contributed by atoms with Crippen LogP contribution in [0.5, 0.6) is 23.0 Å². The third kappa shape index (κ3) is 38.5. The number of Topliss-reactive ketones (excluding diaryl/α,β-unsaturated/α-hetero) is 1. The molecule has 0 saturated heterocycles. The lowest BCUT2D eigenvalue weighted by atomic mass is 10.0. The van der Waals surface area contributed by atoms with E-state index in [2.05, 4.69) is 31.3 Å². The van der Waals surface area contributed by atoms with Gasteiger partial charge in [0.25, 0.3) is 9.05 Å². The maximum Gasteiger partial charge on any atom is 0.408 e. The number of alkyl carbamates (subject to hydrolysis) is 3. The number of ketones is 1. The molecule has 0 spiro atoms. The fourth-order valence-corrected chi connectivity index (χ4v) is 11.2. The van der Waals surface area contributed by atoms with Crippen LogP contribution in [0.3, 0.4) is 0 Å². The normalized spacial score (nSPS) is 11.8. The molecule has 5 amide bonds. The highest BCUT2D eigenvalue weighted by molar-refractivity contribution is 8.13. The molecule has 7 rings (SSSR count). The average molecular weight is 1650 g/mol.